The molecule has 4 aliphatic rings. The summed E-state index contributed by atoms with van der Waals surface area (Å²) in [6, 6.07) is 64.3. The van der Waals surface area contributed by atoms with Crippen molar-refractivity contribution in [2.45, 2.75) is 10.8 Å². The zero-order valence-corrected chi connectivity index (χ0v) is 28.6. The average molecular weight is 672 g/mol. The van der Waals surface area contributed by atoms with E-state index < -0.39 is 10.8 Å². The molecular formula is C51H29NO. The molecule has 2 spiro atoms. The Bertz CT molecular complexity index is 3130. The molecular weight excluding hydrogens is 643 g/mol. The van der Waals surface area contributed by atoms with Crippen LogP contribution in [0.1, 0.15) is 44.5 Å². The Hall–Kier alpha value is -6.77. The third kappa shape index (κ3) is 2.92. The largest absolute Gasteiger partial charge is 0.275 e. The minimum absolute atomic E-state index is 0.0234. The van der Waals surface area contributed by atoms with E-state index in [0.717, 1.165) is 44.1 Å². The van der Waals surface area contributed by atoms with Crippen molar-refractivity contribution in [1.29, 1.82) is 0 Å². The first kappa shape index (κ1) is 27.9. The van der Waals surface area contributed by atoms with Crippen molar-refractivity contribution in [3.05, 3.63) is 231 Å². The van der Waals surface area contributed by atoms with Gasteiger partial charge in [0.2, 0.25) is 0 Å². The predicted octanol–water partition coefficient (Wildman–Crippen LogP) is 11.2. The van der Waals surface area contributed by atoms with Crippen LogP contribution in [0.5, 0.6) is 0 Å². The molecule has 53 heavy (non-hydrogen) atoms. The number of aromatic nitrogens is 1. The van der Waals surface area contributed by atoms with Crippen molar-refractivity contribution in [3.63, 3.8) is 0 Å². The van der Waals surface area contributed by atoms with Crippen LogP contribution in [0.4, 0.5) is 0 Å². The lowest BCUT2D eigenvalue weighted by atomic mass is 9.63. The van der Waals surface area contributed by atoms with Gasteiger partial charge in [-0.05, 0) is 83.8 Å². The number of benzene rings is 8. The van der Waals surface area contributed by atoms with Gasteiger partial charge < -0.3 is 0 Å². The van der Waals surface area contributed by atoms with Crippen LogP contribution in [0.2, 0.25) is 0 Å². The van der Waals surface area contributed by atoms with E-state index in [4.69, 9.17) is 0 Å². The number of hydrogen-bond acceptors (Lipinski definition) is 1. The summed E-state index contributed by atoms with van der Waals surface area (Å²) in [7, 11) is 0. The Morgan fingerprint density at radius 2 is 0.717 bits per heavy atom. The van der Waals surface area contributed by atoms with Crippen LogP contribution in [-0.2, 0) is 10.8 Å². The molecule has 0 amide bonds. The van der Waals surface area contributed by atoms with Crippen molar-refractivity contribution in [2.75, 3.05) is 0 Å². The van der Waals surface area contributed by atoms with Crippen LogP contribution < -0.4 is 5.56 Å². The molecule has 0 bridgehead atoms. The molecule has 0 saturated carbocycles. The average Bonchev–Trinajstić information content (AvgIpc) is 3.81. The molecule has 2 nitrogen and oxygen atoms in total. The first-order chi connectivity index (χ1) is 26.3. The van der Waals surface area contributed by atoms with E-state index in [9.17, 15) is 0 Å². The summed E-state index contributed by atoms with van der Waals surface area (Å²) in [4.78, 5) is 15.4. The fourth-order valence-corrected chi connectivity index (χ4v) is 11.3. The van der Waals surface area contributed by atoms with Crippen LogP contribution in [0.25, 0.3) is 60.7 Å². The first-order valence-corrected chi connectivity index (χ1v) is 18.5. The Morgan fingerprint density at radius 3 is 1.28 bits per heavy atom. The van der Waals surface area contributed by atoms with E-state index in [1.807, 2.05) is 12.1 Å². The molecule has 2 heterocycles. The zero-order chi connectivity index (χ0) is 34.6. The van der Waals surface area contributed by atoms with Gasteiger partial charge in [-0.15, -0.1) is 0 Å². The molecule has 2 heteroatoms. The topological polar surface area (TPSA) is 22.0 Å². The van der Waals surface area contributed by atoms with Crippen molar-refractivity contribution in [1.82, 2.24) is 4.57 Å². The summed E-state index contributed by atoms with van der Waals surface area (Å²) < 4.78 is 2.11. The molecule has 244 valence electrons. The lowest BCUT2D eigenvalue weighted by Crippen LogP contribution is -2.37. The maximum Gasteiger partial charge on any atom is 0.263 e. The molecule has 1 aromatic heterocycles. The van der Waals surface area contributed by atoms with Gasteiger partial charge in [0.25, 0.3) is 5.56 Å². The summed E-state index contributed by atoms with van der Waals surface area (Å²) in [6.45, 7) is 0. The minimum atomic E-state index is -0.637. The number of pyridine rings is 1. The van der Waals surface area contributed by atoms with Gasteiger partial charge in [-0.1, -0.05) is 170 Å². The highest BCUT2D eigenvalue weighted by Crippen LogP contribution is 2.67. The van der Waals surface area contributed by atoms with Gasteiger partial charge in [0.05, 0.1) is 22.0 Å². The number of nitrogens with zero attached hydrogens (tertiary/aromatic N) is 1. The highest BCUT2D eigenvalue weighted by Gasteiger charge is 2.56. The molecule has 9 aromatic rings. The third-order valence-electron chi connectivity index (χ3n) is 13.0. The van der Waals surface area contributed by atoms with Crippen molar-refractivity contribution < 1.29 is 0 Å². The summed E-state index contributed by atoms with van der Waals surface area (Å²) in [5.41, 5.74) is 18.2. The summed E-state index contributed by atoms with van der Waals surface area (Å²) >= 11 is 0. The monoisotopic (exact) mass is 671 g/mol. The van der Waals surface area contributed by atoms with Gasteiger partial charge in [-0.25, -0.2) is 0 Å². The first-order valence-electron chi connectivity index (χ1n) is 18.5. The van der Waals surface area contributed by atoms with Crippen LogP contribution >= 0.6 is 0 Å². The van der Waals surface area contributed by atoms with E-state index in [0.29, 0.717) is 0 Å². The van der Waals surface area contributed by atoms with Crippen LogP contribution in [0.3, 0.4) is 0 Å². The van der Waals surface area contributed by atoms with Gasteiger partial charge in [-0.2, -0.15) is 0 Å². The van der Waals surface area contributed by atoms with E-state index in [-0.39, 0.29) is 5.56 Å². The number of hydrogen-bond donors (Lipinski definition) is 0. The molecule has 0 N–H and O–H groups in total. The maximum atomic E-state index is 15.4. The Labute approximate surface area is 305 Å². The van der Waals surface area contributed by atoms with Gasteiger partial charge in [-0.3, -0.25) is 9.36 Å². The molecule has 0 unspecified atom stereocenters. The number of para-hydroxylation sites is 1. The summed E-state index contributed by atoms with van der Waals surface area (Å²) in [6.07, 6.45) is 0. The molecule has 3 aliphatic carbocycles. The number of rotatable bonds is 0. The molecule has 13 rings (SSSR count). The van der Waals surface area contributed by atoms with Crippen LogP contribution in [0.15, 0.2) is 181 Å². The minimum Gasteiger partial charge on any atom is -0.275 e. The third-order valence-corrected chi connectivity index (χ3v) is 13.0. The quantitative estimate of drug-likeness (QED) is 0.147. The molecule has 8 aromatic carbocycles. The van der Waals surface area contributed by atoms with Crippen molar-refractivity contribution >= 4 is 21.7 Å². The second-order valence-corrected chi connectivity index (χ2v) is 15.0. The predicted molar refractivity (Wildman–Crippen MR) is 214 cm³/mol. The van der Waals surface area contributed by atoms with Crippen molar-refractivity contribution in [2.24, 2.45) is 0 Å². The van der Waals surface area contributed by atoms with Crippen LogP contribution in [0, 0.1) is 0 Å². The van der Waals surface area contributed by atoms with Gasteiger partial charge in [0.15, 0.2) is 0 Å². The highest BCUT2D eigenvalue weighted by atomic mass is 16.1. The van der Waals surface area contributed by atoms with E-state index in [1.54, 1.807) is 0 Å². The fourth-order valence-electron chi connectivity index (χ4n) is 11.3. The van der Waals surface area contributed by atoms with Gasteiger partial charge in [0.1, 0.15) is 0 Å². The standard InChI is InChI=1S/C51H29NO/c53-49-36-19-2-1-14-30(36)35-21-13-27-44-47(35)52(49)48-45(51(44)40-24-10-5-17-33(40)34-18-6-11-25-41(34)51)29-28-43-46(48)37-20-7-12-26-42(37)50(43)38-22-8-3-15-31(38)32-16-4-9-23-39(32)50/h1-29H. The van der Waals surface area contributed by atoms with Crippen LogP contribution in [-0.4, -0.2) is 4.57 Å². The Balaban J connectivity index is 1.31. The Kier molecular flexibility index (Phi) is 4.93. The molecule has 0 radical (unpaired) electrons. The van der Waals surface area contributed by atoms with E-state index in [2.05, 4.69) is 168 Å². The van der Waals surface area contributed by atoms with Gasteiger partial charge >= 0.3 is 0 Å². The number of fused-ring (bicyclic) bond motifs is 22. The normalized spacial score (nSPS) is 15.2. The van der Waals surface area contributed by atoms with E-state index in [1.165, 1.54) is 61.2 Å². The summed E-state index contributed by atoms with van der Waals surface area (Å²) in [5, 5.41) is 2.83. The maximum absolute atomic E-state index is 15.4. The van der Waals surface area contributed by atoms with Gasteiger partial charge in [0, 0.05) is 16.3 Å². The second kappa shape index (κ2) is 9.36. The lowest BCUT2D eigenvalue weighted by Gasteiger charge is -2.41. The lowest BCUT2D eigenvalue weighted by molar-refractivity contribution is 0.735. The van der Waals surface area contributed by atoms with Crippen molar-refractivity contribution in [3.8, 4) is 39.1 Å². The fraction of sp³-hybridized carbons (Fsp3) is 0.0392. The smallest absolute Gasteiger partial charge is 0.263 e. The SMILES string of the molecule is O=c1c2ccccc2c2cccc3c2n1-c1c(ccc2c1-c1ccccc1C21c2ccccc2-c2ccccc21)C31c2ccccc2-c2ccccc21. The highest BCUT2D eigenvalue weighted by molar-refractivity contribution is 6.11. The summed E-state index contributed by atoms with van der Waals surface area (Å²) in [5.74, 6) is 0. The zero-order valence-electron chi connectivity index (χ0n) is 28.6. The molecule has 0 saturated heterocycles. The Morgan fingerprint density at radius 1 is 0.321 bits per heavy atom. The molecule has 1 aliphatic heterocycles. The molecule has 0 fully saturated rings. The second-order valence-electron chi connectivity index (χ2n) is 15.0. The van der Waals surface area contributed by atoms with E-state index >= 15 is 4.79 Å². The molecule has 0 atom stereocenters.